The molecule has 6 nitrogen and oxygen atoms in total. The molecule has 0 aliphatic carbocycles. The third kappa shape index (κ3) is 3.31. The number of nitrogens with zero attached hydrogens (tertiary/aromatic N) is 1. The van der Waals surface area contributed by atoms with Gasteiger partial charge in [0, 0.05) is 0 Å². The molecule has 2 aliphatic rings. The van der Waals surface area contributed by atoms with Gasteiger partial charge in [-0.05, 0) is 0 Å². The van der Waals surface area contributed by atoms with Gasteiger partial charge in [0.2, 0.25) is 0 Å². The van der Waals surface area contributed by atoms with Gasteiger partial charge in [-0.1, -0.05) is 11.8 Å². The predicted molar refractivity (Wildman–Crippen MR) is 60.6 cm³/mol. The highest BCUT2D eigenvalue weighted by Gasteiger charge is 2.48. The van der Waals surface area contributed by atoms with Crippen LogP contribution in [0.2, 0.25) is 0 Å². The first-order valence-corrected chi connectivity index (χ1v) is 6.37. The van der Waals surface area contributed by atoms with E-state index in [1.807, 2.05) is 0 Å². The number of hydrogen-bond acceptors (Lipinski definition) is 7. The van der Waals surface area contributed by atoms with Crippen LogP contribution in [0.5, 0.6) is 0 Å². The van der Waals surface area contributed by atoms with Crippen LogP contribution in [0, 0.1) is 0 Å². The number of nitrogens with one attached hydrogen (secondary N) is 1. The highest BCUT2D eigenvalue weighted by molar-refractivity contribution is 8.14. The van der Waals surface area contributed by atoms with Gasteiger partial charge in [-0.25, -0.2) is 0 Å². The molecule has 0 bridgehead atoms. The molecule has 19 heavy (non-hydrogen) atoms. The molecule has 1 fully saturated rings. The summed E-state index contributed by atoms with van der Waals surface area (Å²) in [6.07, 6.45) is -7.95. The SMILES string of the molecule is OC[C@H]1OC2SC(NCC(F)(F)F)=NC2[C@@H](O)[C@@H]1O. The van der Waals surface area contributed by atoms with Crippen molar-refractivity contribution in [3.63, 3.8) is 0 Å². The number of aliphatic hydroxyl groups is 3. The van der Waals surface area contributed by atoms with E-state index in [4.69, 9.17) is 9.84 Å². The van der Waals surface area contributed by atoms with Crippen LogP contribution in [0.1, 0.15) is 0 Å². The molecule has 4 N–H and O–H groups in total. The van der Waals surface area contributed by atoms with E-state index in [1.54, 1.807) is 0 Å². The smallest absolute Gasteiger partial charge is 0.394 e. The molecule has 2 rings (SSSR count). The van der Waals surface area contributed by atoms with Crippen LogP contribution in [0.4, 0.5) is 13.2 Å². The standard InChI is InChI=1S/C9H13F3N2O4S/c10-9(11,12)2-13-8-14-4-6(17)5(16)3(1-15)18-7(4)19-8/h3-7,15-17H,1-2H2,(H,13,14)/t3-,4?,5-,6-,7?/m1/s1. The van der Waals surface area contributed by atoms with Crippen LogP contribution < -0.4 is 5.32 Å². The molecule has 5 atom stereocenters. The molecule has 0 amide bonds. The molecule has 10 heteroatoms. The van der Waals surface area contributed by atoms with Gasteiger partial charge in [0.1, 0.15) is 36.3 Å². The van der Waals surface area contributed by atoms with E-state index in [0.717, 1.165) is 11.8 Å². The molecule has 0 aromatic carbocycles. The van der Waals surface area contributed by atoms with Gasteiger partial charge < -0.3 is 25.4 Å². The van der Waals surface area contributed by atoms with Crippen LogP contribution in [-0.4, -0.2) is 69.6 Å². The normalized spacial score (nSPS) is 38.8. The number of hydrogen-bond donors (Lipinski definition) is 4. The van der Waals surface area contributed by atoms with E-state index < -0.39 is 49.1 Å². The molecule has 2 unspecified atom stereocenters. The lowest BCUT2D eigenvalue weighted by molar-refractivity contribution is -0.164. The number of thioether (sulfide) groups is 1. The summed E-state index contributed by atoms with van der Waals surface area (Å²) in [5.41, 5.74) is -0.716. The fourth-order valence-electron chi connectivity index (χ4n) is 1.84. The maximum Gasteiger partial charge on any atom is 0.405 e. The Morgan fingerprint density at radius 3 is 2.58 bits per heavy atom. The third-order valence-corrected chi connectivity index (χ3v) is 3.88. The predicted octanol–water partition coefficient (Wildman–Crippen LogP) is -0.951. The lowest BCUT2D eigenvalue weighted by Crippen LogP contribution is -2.55. The Labute approximate surface area is 110 Å². The summed E-state index contributed by atoms with van der Waals surface area (Å²) in [7, 11) is 0. The first-order chi connectivity index (χ1) is 8.81. The Balaban J connectivity index is 1.99. The minimum absolute atomic E-state index is 0.00263. The zero-order valence-corrected chi connectivity index (χ0v) is 10.4. The van der Waals surface area contributed by atoms with Crippen molar-refractivity contribution in [2.24, 2.45) is 4.99 Å². The Morgan fingerprint density at radius 2 is 2.00 bits per heavy atom. The van der Waals surface area contributed by atoms with E-state index in [1.165, 1.54) is 0 Å². The lowest BCUT2D eigenvalue weighted by atomic mass is 9.99. The van der Waals surface area contributed by atoms with Crippen molar-refractivity contribution < 1.29 is 33.2 Å². The van der Waals surface area contributed by atoms with E-state index in [2.05, 4.69) is 10.3 Å². The highest BCUT2D eigenvalue weighted by atomic mass is 32.2. The van der Waals surface area contributed by atoms with Gasteiger partial charge in [-0.2, -0.15) is 13.2 Å². The summed E-state index contributed by atoms with van der Waals surface area (Å²) in [6, 6.07) is -0.849. The molecule has 0 radical (unpaired) electrons. The fraction of sp³-hybridized carbons (Fsp3) is 0.889. The average molecular weight is 302 g/mol. The van der Waals surface area contributed by atoms with Crippen molar-refractivity contribution in [2.75, 3.05) is 13.2 Å². The topological polar surface area (TPSA) is 94.3 Å². The van der Waals surface area contributed by atoms with E-state index in [0.29, 0.717) is 0 Å². The number of rotatable bonds is 2. The minimum Gasteiger partial charge on any atom is -0.394 e. The van der Waals surface area contributed by atoms with Crippen molar-refractivity contribution >= 4 is 16.9 Å². The van der Waals surface area contributed by atoms with Crippen molar-refractivity contribution in [1.29, 1.82) is 0 Å². The Bertz CT molecular complexity index is 368. The zero-order valence-electron chi connectivity index (χ0n) is 9.54. The summed E-state index contributed by atoms with van der Waals surface area (Å²) >= 11 is 0.895. The van der Waals surface area contributed by atoms with Gasteiger partial charge in [-0.3, -0.25) is 4.99 Å². The van der Waals surface area contributed by atoms with Gasteiger partial charge >= 0.3 is 6.18 Å². The fourth-order valence-corrected chi connectivity index (χ4v) is 2.96. The summed E-state index contributed by atoms with van der Waals surface area (Å²) in [6.45, 7) is -1.73. The van der Waals surface area contributed by atoms with Gasteiger partial charge in [-0.15, -0.1) is 0 Å². The average Bonchev–Trinajstić information content (AvgIpc) is 2.73. The molecule has 2 aliphatic heterocycles. The second-order valence-corrected chi connectivity index (χ2v) is 5.31. The maximum absolute atomic E-state index is 12.1. The summed E-state index contributed by atoms with van der Waals surface area (Å²) in [5, 5.41) is 30.5. The van der Waals surface area contributed by atoms with Gasteiger partial charge in [0.25, 0.3) is 0 Å². The first kappa shape index (κ1) is 14.9. The van der Waals surface area contributed by atoms with Crippen molar-refractivity contribution in [3.8, 4) is 0 Å². The van der Waals surface area contributed by atoms with Crippen LogP contribution in [0.25, 0.3) is 0 Å². The number of halogens is 3. The second-order valence-electron chi connectivity index (χ2n) is 4.22. The van der Waals surface area contributed by atoms with Crippen LogP contribution in [0.15, 0.2) is 4.99 Å². The lowest BCUT2D eigenvalue weighted by Gasteiger charge is -2.37. The number of ether oxygens (including phenoxy) is 1. The number of aliphatic hydroxyl groups excluding tert-OH is 3. The number of fused-ring (bicyclic) bond motifs is 1. The highest BCUT2D eigenvalue weighted by Crippen LogP contribution is 2.35. The molecule has 1 saturated heterocycles. The Hall–Kier alpha value is -0.550. The third-order valence-electron chi connectivity index (χ3n) is 2.78. The second kappa shape index (κ2) is 5.44. The first-order valence-electron chi connectivity index (χ1n) is 5.49. The maximum atomic E-state index is 12.1. The molecule has 0 aromatic heterocycles. The zero-order chi connectivity index (χ0) is 14.2. The van der Waals surface area contributed by atoms with Gasteiger partial charge in [0.15, 0.2) is 5.17 Å². The molecular formula is C9H13F3N2O4S. The van der Waals surface area contributed by atoms with Crippen LogP contribution >= 0.6 is 11.8 Å². The van der Waals surface area contributed by atoms with E-state index >= 15 is 0 Å². The number of aliphatic imine (C=N–C) groups is 1. The molecule has 110 valence electrons. The van der Waals surface area contributed by atoms with Crippen LogP contribution in [0.3, 0.4) is 0 Å². The monoisotopic (exact) mass is 302 g/mol. The molecule has 2 heterocycles. The summed E-state index contributed by atoms with van der Waals surface area (Å²) in [4.78, 5) is 3.87. The molecule has 0 saturated carbocycles. The quantitative estimate of drug-likeness (QED) is 0.525. The summed E-state index contributed by atoms with van der Waals surface area (Å²) < 4.78 is 41.4. The molecular weight excluding hydrogens is 289 g/mol. The van der Waals surface area contributed by atoms with Gasteiger partial charge in [0.05, 0.1) is 6.61 Å². The van der Waals surface area contributed by atoms with Crippen molar-refractivity contribution in [1.82, 2.24) is 5.32 Å². The largest absolute Gasteiger partial charge is 0.405 e. The van der Waals surface area contributed by atoms with Crippen molar-refractivity contribution in [2.45, 2.75) is 36.0 Å². The number of amidine groups is 1. The van der Waals surface area contributed by atoms with Crippen LogP contribution in [-0.2, 0) is 4.74 Å². The van der Waals surface area contributed by atoms with E-state index in [-0.39, 0.29) is 5.17 Å². The molecule has 0 aromatic rings. The molecule has 0 spiro atoms. The summed E-state index contributed by atoms with van der Waals surface area (Å²) in [5.74, 6) is 0. The Kier molecular flexibility index (Phi) is 4.26. The number of alkyl halides is 3. The van der Waals surface area contributed by atoms with Crippen molar-refractivity contribution in [3.05, 3.63) is 0 Å². The Morgan fingerprint density at radius 1 is 1.32 bits per heavy atom. The van der Waals surface area contributed by atoms with E-state index in [9.17, 15) is 23.4 Å². The minimum atomic E-state index is -4.37.